The average Bonchev–Trinajstić information content (AvgIpc) is 2.61. The maximum Gasteiger partial charge on any atom is 0.236 e. The molecule has 0 unspecified atom stereocenters. The molecule has 0 aliphatic carbocycles. The van der Waals surface area contributed by atoms with Crippen molar-refractivity contribution in [2.45, 2.75) is 25.7 Å². The Balaban J connectivity index is 1.46. The summed E-state index contributed by atoms with van der Waals surface area (Å²) >= 11 is 0. The van der Waals surface area contributed by atoms with Crippen LogP contribution in [0.2, 0.25) is 0 Å². The fourth-order valence-electron chi connectivity index (χ4n) is 3.67. The Bertz CT molecular complexity index is 605. The molecule has 0 radical (unpaired) electrons. The van der Waals surface area contributed by atoms with Crippen LogP contribution in [0.4, 0.5) is 4.39 Å². The number of carbonyl (C=O) groups is 2. The van der Waals surface area contributed by atoms with Crippen molar-refractivity contribution in [2.24, 2.45) is 5.92 Å². The van der Waals surface area contributed by atoms with Crippen molar-refractivity contribution in [3.05, 3.63) is 35.6 Å². The minimum atomic E-state index is -0.204. The van der Waals surface area contributed by atoms with E-state index in [0.29, 0.717) is 25.6 Å². The number of piperidine rings is 1. The van der Waals surface area contributed by atoms with Gasteiger partial charge >= 0.3 is 0 Å². The molecule has 0 saturated carbocycles. The molecular weight excluding hydrogens is 321 g/mol. The Hall–Kier alpha value is -1.95. The maximum absolute atomic E-state index is 13.0. The van der Waals surface area contributed by atoms with E-state index in [4.69, 9.17) is 0 Å². The number of nitrogens with zero attached hydrogens (tertiary/aromatic N) is 2. The first kappa shape index (κ1) is 17.9. The first-order valence-electron chi connectivity index (χ1n) is 9.11. The van der Waals surface area contributed by atoms with Gasteiger partial charge in [-0.3, -0.25) is 14.5 Å². The number of halogens is 1. The van der Waals surface area contributed by atoms with Gasteiger partial charge in [0, 0.05) is 26.2 Å². The molecule has 1 aromatic rings. The highest BCUT2D eigenvalue weighted by Crippen LogP contribution is 2.22. The lowest BCUT2D eigenvalue weighted by Gasteiger charge is -2.35. The van der Waals surface area contributed by atoms with Crippen LogP contribution in [0.15, 0.2) is 24.3 Å². The third kappa shape index (κ3) is 5.26. The normalized spacial score (nSPS) is 21.9. The highest BCUT2D eigenvalue weighted by molar-refractivity contribution is 5.81. The van der Waals surface area contributed by atoms with Crippen LogP contribution in [0.3, 0.4) is 0 Å². The molecule has 25 heavy (non-hydrogen) atoms. The van der Waals surface area contributed by atoms with Crippen LogP contribution in [-0.2, 0) is 16.0 Å². The predicted molar refractivity (Wildman–Crippen MR) is 93.5 cm³/mol. The molecular formula is C19H26FN3O2. The average molecular weight is 347 g/mol. The number of benzene rings is 1. The lowest BCUT2D eigenvalue weighted by atomic mass is 9.91. The maximum atomic E-state index is 13.0. The van der Waals surface area contributed by atoms with E-state index in [2.05, 4.69) is 5.32 Å². The molecule has 2 amide bonds. The Morgan fingerprint density at radius 1 is 1.24 bits per heavy atom. The number of rotatable bonds is 5. The van der Waals surface area contributed by atoms with Crippen LogP contribution < -0.4 is 5.32 Å². The molecule has 1 atom stereocenters. The van der Waals surface area contributed by atoms with Crippen LogP contribution in [0.1, 0.15) is 24.8 Å². The summed E-state index contributed by atoms with van der Waals surface area (Å²) in [5, 5.41) is 2.78. The molecule has 2 saturated heterocycles. The fourth-order valence-corrected chi connectivity index (χ4v) is 3.67. The minimum absolute atomic E-state index is 0.00475. The van der Waals surface area contributed by atoms with Crippen molar-refractivity contribution < 1.29 is 14.0 Å². The summed E-state index contributed by atoms with van der Waals surface area (Å²) in [4.78, 5) is 27.8. The number of likely N-dealkylation sites (tertiary alicyclic amines) is 1. The van der Waals surface area contributed by atoms with Crippen LogP contribution in [0.5, 0.6) is 0 Å². The van der Waals surface area contributed by atoms with Crippen molar-refractivity contribution in [1.82, 2.24) is 15.1 Å². The zero-order chi connectivity index (χ0) is 17.6. The predicted octanol–water partition coefficient (Wildman–Crippen LogP) is 1.43. The minimum Gasteiger partial charge on any atom is -0.354 e. The number of aryl methyl sites for hydroxylation is 1. The van der Waals surface area contributed by atoms with Crippen LogP contribution in [0, 0.1) is 11.7 Å². The van der Waals surface area contributed by atoms with Crippen LogP contribution >= 0.6 is 0 Å². The van der Waals surface area contributed by atoms with Gasteiger partial charge in [0.15, 0.2) is 0 Å². The number of amides is 2. The third-order valence-electron chi connectivity index (χ3n) is 5.10. The van der Waals surface area contributed by atoms with Gasteiger partial charge in [0.1, 0.15) is 5.82 Å². The van der Waals surface area contributed by atoms with E-state index in [-0.39, 0.29) is 17.6 Å². The quantitative estimate of drug-likeness (QED) is 0.877. The van der Waals surface area contributed by atoms with Gasteiger partial charge in [-0.2, -0.15) is 0 Å². The molecule has 136 valence electrons. The smallest absolute Gasteiger partial charge is 0.236 e. The van der Waals surface area contributed by atoms with Crippen molar-refractivity contribution >= 4 is 11.8 Å². The van der Waals surface area contributed by atoms with E-state index < -0.39 is 0 Å². The van der Waals surface area contributed by atoms with Gasteiger partial charge in [-0.15, -0.1) is 0 Å². The number of nitrogens with one attached hydrogen (secondary N) is 1. The standard InChI is InChI=1S/C19H26FN3O2/c20-17-7-5-15(6-8-17)3-4-16-2-1-10-23(12-16)19(25)14-22-11-9-21-18(24)13-22/h5-8,16H,1-4,9-14H2,(H,21,24)/t16-/m0/s1. The van der Waals surface area contributed by atoms with E-state index in [1.807, 2.05) is 21.9 Å². The van der Waals surface area contributed by atoms with Gasteiger partial charge in [-0.25, -0.2) is 4.39 Å². The van der Waals surface area contributed by atoms with Gasteiger partial charge < -0.3 is 10.2 Å². The summed E-state index contributed by atoms with van der Waals surface area (Å²) in [6.07, 6.45) is 4.10. The van der Waals surface area contributed by atoms with Crippen LogP contribution in [0.25, 0.3) is 0 Å². The van der Waals surface area contributed by atoms with E-state index in [1.54, 1.807) is 0 Å². The summed E-state index contributed by atoms with van der Waals surface area (Å²) in [5.41, 5.74) is 1.14. The molecule has 2 aliphatic rings. The summed E-state index contributed by atoms with van der Waals surface area (Å²) in [7, 11) is 0. The zero-order valence-electron chi connectivity index (χ0n) is 14.5. The Labute approximate surface area is 148 Å². The molecule has 2 heterocycles. The van der Waals surface area contributed by atoms with Gasteiger partial charge in [-0.05, 0) is 49.3 Å². The SMILES string of the molecule is O=C1CN(CC(=O)N2CCC[C@@H](CCc3ccc(F)cc3)C2)CCN1. The van der Waals surface area contributed by atoms with E-state index in [0.717, 1.165) is 50.9 Å². The largest absolute Gasteiger partial charge is 0.354 e. The topological polar surface area (TPSA) is 52.7 Å². The molecule has 2 fully saturated rings. The summed E-state index contributed by atoms with van der Waals surface area (Å²) in [6.45, 7) is 3.60. The van der Waals surface area contributed by atoms with Gasteiger partial charge in [0.2, 0.25) is 11.8 Å². The number of hydrogen-bond donors (Lipinski definition) is 1. The summed E-state index contributed by atoms with van der Waals surface area (Å²) < 4.78 is 13.0. The molecule has 0 aromatic heterocycles. The molecule has 6 heteroatoms. The second kappa shape index (κ2) is 8.43. The first-order chi connectivity index (χ1) is 12.1. The molecule has 0 spiro atoms. The fraction of sp³-hybridized carbons (Fsp3) is 0.579. The molecule has 3 rings (SSSR count). The molecule has 0 bridgehead atoms. The van der Waals surface area contributed by atoms with E-state index in [9.17, 15) is 14.0 Å². The number of piperazine rings is 1. The van der Waals surface area contributed by atoms with E-state index >= 15 is 0 Å². The second-order valence-electron chi connectivity index (χ2n) is 7.07. The lowest BCUT2D eigenvalue weighted by molar-refractivity contribution is -0.135. The Morgan fingerprint density at radius 3 is 2.80 bits per heavy atom. The van der Waals surface area contributed by atoms with Crippen molar-refractivity contribution in [3.63, 3.8) is 0 Å². The van der Waals surface area contributed by atoms with Gasteiger partial charge in [0.25, 0.3) is 0 Å². The third-order valence-corrected chi connectivity index (χ3v) is 5.10. The number of carbonyl (C=O) groups excluding carboxylic acids is 2. The molecule has 5 nitrogen and oxygen atoms in total. The first-order valence-corrected chi connectivity index (χ1v) is 9.11. The zero-order valence-corrected chi connectivity index (χ0v) is 14.5. The van der Waals surface area contributed by atoms with E-state index in [1.165, 1.54) is 12.1 Å². The number of hydrogen-bond acceptors (Lipinski definition) is 3. The molecule has 2 aliphatic heterocycles. The highest BCUT2D eigenvalue weighted by Gasteiger charge is 2.26. The molecule has 1 aromatic carbocycles. The Morgan fingerprint density at radius 2 is 2.04 bits per heavy atom. The summed E-state index contributed by atoms with van der Waals surface area (Å²) in [6, 6.07) is 6.67. The van der Waals surface area contributed by atoms with Gasteiger partial charge in [-0.1, -0.05) is 12.1 Å². The van der Waals surface area contributed by atoms with Crippen LogP contribution in [-0.4, -0.2) is 60.9 Å². The second-order valence-corrected chi connectivity index (χ2v) is 7.07. The Kier molecular flexibility index (Phi) is 6.02. The van der Waals surface area contributed by atoms with Crippen molar-refractivity contribution in [2.75, 3.05) is 39.3 Å². The van der Waals surface area contributed by atoms with Crippen molar-refractivity contribution in [1.29, 1.82) is 0 Å². The highest BCUT2D eigenvalue weighted by atomic mass is 19.1. The molecule has 1 N–H and O–H groups in total. The lowest BCUT2D eigenvalue weighted by Crippen LogP contribution is -2.52. The monoisotopic (exact) mass is 347 g/mol. The summed E-state index contributed by atoms with van der Waals surface area (Å²) in [5.74, 6) is 0.410. The van der Waals surface area contributed by atoms with Crippen molar-refractivity contribution in [3.8, 4) is 0 Å². The van der Waals surface area contributed by atoms with Gasteiger partial charge in [0.05, 0.1) is 13.1 Å².